The van der Waals surface area contributed by atoms with Crippen molar-refractivity contribution in [3.8, 4) is 5.75 Å². The van der Waals surface area contributed by atoms with Crippen molar-refractivity contribution in [1.29, 1.82) is 0 Å². The molecule has 0 saturated carbocycles. The molecule has 3 nitrogen and oxygen atoms in total. The topological polar surface area (TPSA) is 27.1 Å². The van der Waals surface area contributed by atoms with Crippen LogP contribution in [0.2, 0.25) is 0 Å². The average molecular weight is 216 g/mol. The molecule has 0 N–H and O–H groups in total. The third kappa shape index (κ3) is 2.42. The third-order valence-electron chi connectivity index (χ3n) is 2.48. The van der Waals surface area contributed by atoms with Crippen LogP contribution in [0, 0.1) is 13.8 Å². The molecule has 3 heteroatoms. The molecular formula is C13H16N2O. The molecule has 16 heavy (non-hydrogen) atoms. The molecule has 0 aliphatic carbocycles. The van der Waals surface area contributed by atoms with E-state index in [9.17, 15) is 0 Å². The largest absolute Gasteiger partial charge is 0.486 e. The number of aryl methyl sites for hydroxylation is 3. The number of imidazole rings is 1. The van der Waals surface area contributed by atoms with Crippen LogP contribution in [0.15, 0.2) is 30.5 Å². The van der Waals surface area contributed by atoms with Gasteiger partial charge in [-0.15, -0.1) is 0 Å². The van der Waals surface area contributed by atoms with Crippen molar-refractivity contribution in [2.75, 3.05) is 0 Å². The Bertz CT molecular complexity index is 471. The van der Waals surface area contributed by atoms with E-state index in [1.54, 1.807) is 0 Å². The molecule has 0 unspecified atom stereocenters. The van der Waals surface area contributed by atoms with Gasteiger partial charge in [0.2, 0.25) is 0 Å². The molecule has 0 bridgehead atoms. The van der Waals surface area contributed by atoms with Gasteiger partial charge in [0.15, 0.2) is 0 Å². The summed E-state index contributed by atoms with van der Waals surface area (Å²) in [4.78, 5) is 4.38. The molecule has 0 saturated heterocycles. The summed E-state index contributed by atoms with van der Waals surface area (Å²) in [5.41, 5.74) is 2.25. The molecule has 1 heterocycles. The highest BCUT2D eigenvalue weighted by Gasteiger charge is 2.02. The van der Waals surface area contributed by atoms with Crippen LogP contribution in [0.1, 0.15) is 17.1 Å². The highest BCUT2D eigenvalue weighted by Crippen LogP contribution is 2.13. The second kappa shape index (κ2) is 4.39. The summed E-state index contributed by atoms with van der Waals surface area (Å²) in [7, 11) is 1.98. The Morgan fingerprint density at radius 3 is 2.44 bits per heavy atom. The van der Waals surface area contributed by atoms with Gasteiger partial charge in [-0.3, -0.25) is 0 Å². The normalized spacial score (nSPS) is 10.4. The first-order valence-electron chi connectivity index (χ1n) is 5.33. The predicted octanol–water partition coefficient (Wildman–Crippen LogP) is 2.62. The van der Waals surface area contributed by atoms with Gasteiger partial charge in [-0.05, 0) is 26.0 Å². The monoisotopic (exact) mass is 216 g/mol. The van der Waals surface area contributed by atoms with Crippen molar-refractivity contribution in [2.24, 2.45) is 7.05 Å². The summed E-state index contributed by atoms with van der Waals surface area (Å²) in [5, 5.41) is 0. The summed E-state index contributed by atoms with van der Waals surface area (Å²) < 4.78 is 7.65. The number of aromatic nitrogens is 2. The molecule has 0 aliphatic heterocycles. The number of nitrogens with zero attached hydrogens (tertiary/aromatic N) is 2. The maximum Gasteiger partial charge on any atom is 0.146 e. The maximum absolute atomic E-state index is 5.66. The molecule has 0 aliphatic rings. The highest BCUT2D eigenvalue weighted by atomic mass is 16.5. The lowest BCUT2D eigenvalue weighted by Crippen LogP contribution is -2.02. The first-order valence-corrected chi connectivity index (χ1v) is 5.33. The van der Waals surface area contributed by atoms with E-state index in [4.69, 9.17) is 4.74 Å². The van der Waals surface area contributed by atoms with E-state index in [1.807, 2.05) is 49.0 Å². The molecule has 0 fully saturated rings. The van der Waals surface area contributed by atoms with Gasteiger partial charge in [0.05, 0.1) is 5.69 Å². The minimum Gasteiger partial charge on any atom is -0.486 e. The van der Waals surface area contributed by atoms with Gasteiger partial charge in [-0.25, -0.2) is 4.98 Å². The van der Waals surface area contributed by atoms with Crippen LogP contribution in [0.4, 0.5) is 0 Å². The van der Waals surface area contributed by atoms with Gasteiger partial charge in [-0.1, -0.05) is 17.7 Å². The smallest absolute Gasteiger partial charge is 0.146 e. The zero-order chi connectivity index (χ0) is 11.5. The fourth-order valence-corrected chi connectivity index (χ4v) is 1.58. The van der Waals surface area contributed by atoms with Crippen LogP contribution in [-0.2, 0) is 13.7 Å². The van der Waals surface area contributed by atoms with Crippen molar-refractivity contribution in [2.45, 2.75) is 20.5 Å². The van der Waals surface area contributed by atoms with E-state index in [-0.39, 0.29) is 0 Å². The molecule has 84 valence electrons. The molecule has 0 atom stereocenters. The number of hydrogen-bond donors (Lipinski definition) is 0. The SMILES string of the molecule is Cc1ccc(OCc2nc(C)cn2C)cc1. The fraction of sp³-hybridized carbons (Fsp3) is 0.308. The highest BCUT2D eigenvalue weighted by molar-refractivity contribution is 5.26. The van der Waals surface area contributed by atoms with Gasteiger partial charge in [0.1, 0.15) is 18.2 Å². The number of ether oxygens (including phenoxy) is 1. The van der Waals surface area contributed by atoms with Crippen LogP contribution in [-0.4, -0.2) is 9.55 Å². The number of hydrogen-bond acceptors (Lipinski definition) is 2. The lowest BCUT2D eigenvalue weighted by atomic mass is 10.2. The third-order valence-corrected chi connectivity index (χ3v) is 2.48. The molecule has 0 spiro atoms. The standard InChI is InChI=1S/C13H16N2O/c1-10-4-6-12(7-5-10)16-9-13-14-11(2)8-15(13)3/h4-8H,9H2,1-3H3. The van der Waals surface area contributed by atoms with E-state index < -0.39 is 0 Å². The van der Waals surface area contributed by atoms with E-state index in [0.717, 1.165) is 17.3 Å². The van der Waals surface area contributed by atoms with E-state index in [0.29, 0.717) is 6.61 Å². The van der Waals surface area contributed by atoms with Gasteiger partial charge in [0, 0.05) is 13.2 Å². The minimum atomic E-state index is 0.507. The molecule has 1 aromatic heterocycles. The maximum atomic E-state index is 5.66. The van der Waals surface area contributed by atoms with Crippen LogP contribution in [0.25, 0.3) is 0 Å². The summed E-state index contributed by atoms with van der Waals surface area (Å²) in [6, 6.07) is 8.04. The summed E-state index contributed by atoms with van der Waals surface area (Å²) >= 11 is 0. The fourth-order valence-electron chi connectivity index (χ4n) is 1.58. The van der Waals surface area contributed by atoms with Crippen LogP contribution in [0.5, 0.6) is 5.75 Å². The van der Waals surface area contributed by atoms with Gasteiger partial charge >= 0.3 is 0 Å². The Morgan fingerprint density at radius 2 is 1.88 bits per heavy atom. The summed E-state index contributed by atoms with van der Waals surface area (Å²) in [5.74, 6) is 1.82. The van der Waals surface area contributed by atoms with Crippen molar-refractivity contribution in [3.63, 3.8) is 0 Å². The van der Waals surface area contributed by atoms with Crippen molar-refractivity contribution in [1.82, 2.24) is 9.55 Å². The Hall–Kier alpha value is -1.77. The molecule has 0 radical (unpaired) electrons. The minimum absolute atomic E-state index is 0.507. The van der Waals surface area contributed by atoms with Crippen LogP contribution >= 0.6 is 0 Å². The van der Waals surface area contributed by atoms with Crippen molar-refractivity contribution >= 4 is 0 Å². The lowest BCUT2D eigenvalue weighted by molar-refractivity contribution is 0.291. The summed E-state index contributed by atoms with van der Waals surface area (Å²) in [6.45, 7) is 4.55. The lowest BCUT2D eigenvalue weighted by Gasteiger charge is -2.06. The Labute approximate surface area is 95.7 Å². The molecule has 2 aromatic rings. The van der Waals surface area contributed by atoms with Crippen molar-refractivity contribution < 1.29 is 4.74 Å². The molecule has 2 rings (SSSR count). The van der Waals surface area contributed by atoms with E-state index >= 15 is 0 Å². The average Bonchev–Trinajstić information content (AvgIpc) is 2.57. The molecular weight excluding hydrogens is 200 g/mol. The van der Waals surface area contributed by atoms with E-state index in [2.05, 4.69) is 11.9 Å². The zero-order valence-electron chi connectivity index (χ0n) is 9.90. The Morgan fingerprint density at radius 1 is 1.19 bits per heavy atom. The van der Waals surface area contributed by atoms with Crippen LogP contribution < -0.4 is 4.74 Å². The second-order valence-corrected chi connectivity index (χ2v) is 4.01. The number of benzene rings is 1. The quantitative estimate of drug-likeness (QED) is 0.788. The first-order chi connectivity index (χ1) is 7.65. The van der Waals surface area contributed by atoms with E-state index in [1.165, 1.54) is 5.56 Å². The van der Waals surface area contributed by atoms with Gasteiger partial charge < -0.3 is 9.30 Å². The van der Waals surface area contributed by atoms with Crippen molar-refractivity contribution in [3.05, 3.63) is 47.5 Å². The first kappa shape index (κ1) is 10.7. The zero-order valence-corrected chi connectivity index (χ0v) is 9.90. The predicted molar refractivity (Wildman–Crippen MR) is 63.5 cm³/mol. The van der Waals surface area contributed by atoms with Gasteiger partial charge in [0.25, 0.3) is 0 Å². The number of rotatable bonds is 3. The second-order valence-electron chi connectivity index (χ2n) is 4.01. The Kier molecular flexibility index (Phi) is 2.95. The Balaban J connectivity index is 2.02. The van der Waals surface area contributed by atoms with Gasteiger partial charge in [-0.2, -0.15) is 0 Å². The summed E-state index contributed by atoms with van der Waals surface area (Å²) in [6.07, 6.45) is 1.99. The van der Waals surface area contributed by atoms with Crippen LogP contribution in [0.3, 0.4) is 0 Å². The molecule has 0 amide bonds. The molecule has 1 aromatic carbocycles.